The van der Waals surface area contributed by atoms with Crippen molar-refractivity contribution in [2.75, 3.05) is 6.54 Å². The summed E-state index contributed by atoms with van der Waals surface area (Å²) in [4.78, 5) is 11.0. The molecule has 0 saturated heterocycles. The highest BCUT2D eigenvalue weighted by molar-refractivity contribution is 9.10. The summed E-state index contributed by atoms with van der Waals surface area (Å²) in [5.41, 5.74) is 6.18. The summed E-state index contributed by atoms with van der Waals surface area (Å²) in [7, 11) is 0. The number of nitrogens with zero attached hydrogens (tertiary/aromatic N) is 2. The summed E-state index contributed by atoms with van der Waals surface area (Å²) < 4.78 is 1.00. The molecule has 2 aliphatic rings. The summed E-state index contributed by atoms with van der Waals surface area (Å²) in [6, 6.07) is 12.8. The number of H-pyrrole nitrogens is 1. The smallest absolute Gasteiger partial charge is 0.139 e. The van der Waals surface area contributed by atoms with Crippen molar-refractivity contribution < 1.29 is 0 Å². The molecule has 0 bridgehead atoms. The van der Waals surface area contributed by atoms with Crippen LogP contribution in [0.3, 0.4) is 0 Å². The number of halogens is 3. The zero-order chi connectivity index (χ0) is 19.3. The number of nitrogens with one attached hydrogen (secondary N) is 1. The first kappa shape index (κ1) is 18.7. The van der Waals surface area contributed by atoms with Gasteiger partial charge >= 0.3 is 0 Å². The maximum absolute atomic E-state index is 6.40. The molecule has 1 aliphatic carbocycles. The highest BCUT2D eigenvalue weighted by atomic mass is 79.9. The minimum Gasteiger partial charge on any atom is -0.340 e. The van der Waals surface area contributed by atoms with E-state index in [0.717, 1.165) is 53.2 Å². The number of aromatic amines is 1. The molecule has 6 heteroatoms. The van der Waals surface area contributed by atoms with Crippen LogP contribution < -0.4 is 0 Å². The van der Waals surface area contributed by atoms with Crippen molar-refractivity contribution in [3.05, 3.63) is 73.4 Å². The molecule has 5 rings (SSSR count). The van der Waals surface area contributed by atoms with Gasteiger partial charge in [0.15, 0.2) is 0 Å². The Hall–Kier alpha value is -1.33. The van der Waals surface area contributed by atoms with Gasteiger partial charge in [-0.25, -0.2) is 4.98 Å². The zero-order valence-electron chi connectivity index (χ0n) is 15.3. The van der Waals surface area contributed by atoms with Crippen molar-refractivity contribution in [1.29, 1.82) is 0 Å². The average molecular weight is 477 g/mol. The molecular formula is C22H20BrCl2N3. The van der Waals surface area contributed by atoms with E-state index in [2.05, 4.69) is 37.9 Å². The molecule has 0 fully saturated rings. The first-order chi connectivity index (χ1) is 13.6. The number of fused-ring (bicyclic) bond motifs is 2. The third kappa shape index (κ3) is 3.52. The second-order valence-electron chi connectivity index (χ2n) is 7.66. The molecule has 1 atom stereocenters. The second-order valence-corrected chi connectivity index (χ2v) is 9.42. The summed E-state index contributed by atoms with van der Waals surface area (Å²) in [5.74, 6) is 0.860. The molecule has 2 aromatic carbocycles. The molecule has 0 radical (unpaired) electrons. The molecule has 1 unspecified atom stereocenters. The second kappa shape index (κ2) is 7.49. The standard InChI is InChI=1S/C22H20BrCl2N3/c23-15-3-6-19(25)18(11-15)22-26-20-7-8-28(12-21(20)27-22)17-5-2-13-1-4-16(24)9-14(13)10-17/h1,3-4,6,9,11,17H,2,5,7-8,10,12H2,(H,26,27). The van der Waals surface area contributed by atoms with Crippen molar-refractivity contribution in [3.8, 4) is 11.4 Å². The Bertz CT molecular complexity index is 1050. The van der Waals surface area contributed by atoms with Crippen LogP contribution in [0.25, 0.3) is 11.4 Å². The van der Waals surface area contributed by atoms with Gasteiger partial charge in [0, 0.05) is 40.6 Å². The fourth-order valence-corrected chi connectivity index (χ4v) is 5.21. The quantitative estimate of drug-likeness (QED) is 0.487. The van der Waals surface area contributed by atoms with Gasteiger partial charge in [0.2, 0.25) is 0 Å². The predicted molar refractivity (Wildman–Crippen MR) is 118 cm³/mol. The first-order valence-electron chi connectivity index (χ1n) is 9.61. The van der Waals surface area contributed by atoms with Crippen LogP contribution >= 0.6 is 39.1 Å². The molecule has 2 heterocycles. The van der Waals surface area contributed by atoms with Crippen molar-refractivity contribution in [2.24, 2.45) is 0 Å². The molecular weight excluding hydrogens is 457 g/mol. The van der Waals surface area contributed by atoms with Gasteiger partial charge in [-0.3, -0.25) is 4.90 Å². The number of benzene rings is 2. The Balaban J connectivity index is 1.37. The monoisotopic (exact) mass is 475 g/mol. The molecule has 0 spiro atoms. The van der Waals surface area contributed by atoms with Gasteiger partial charge in [-0.15, -0.1) is 0 Å². The fourth-order valence-electron chi connectivity index (χ4n) is 4.45. The molecule has 1 aromatic heterocycles. The van der Waals surface area contributed by atoms with E-state index in [1.54, 1.807) is 0 Å². The van der Waals surface area contributed by atoms with E-state index in [0.29, 0.717) is 11.1 Å². The Kier molecular flexibility index (Phi) is 5.00. The SMILES string of the molecule is Clc1ccc2c(c1)CC(N1CCc3nc(-c4cc(Br)ccc4Cl)[nH]c3C1)CC2. The van der Waals surface area contributed by atoms with E-state index >= 15 is 0 Å². The lowest BCUT2D eigenvalue weighted by Gasteiger charge is -2.37. The van der Waals surface area contributed by atoms with Gasteiger partial charge in [0.05, 0.1) is 16.4 Å². The first-order valence-corrected chi connectivity index (χ1v) is 11.2. The van der Waals surface area contributed by atoms with E-state index in [1.165, 1.54) is 28.9 Å². The van der Waals surface area contributed by atoms with E-state index < -0.39 is 0 Å². The van der Waals surface area contributed by atoms with Crippen molar-refractivity contribution in [1.82, 2.24) is 14.9 Å². The number of hydrogen-bond acceptors (Lipinski definition) is 2. The normalized spacial score (nSPS) is 19.3. The van der Waals surface area contributed by atoms with Gasteiger partial charge in [0.25, 0.3) is 0 Å². The molecule has 144 valence electrons. The minimum absolute atomic E-state index is 0.556. The van der Waals surface area contributed by atoms with Crippen molar-refractivity contribution >= 4 is 39.1 Å². The maximum Gasteiger partial charge on any atom is 0.139 e. The number of rotatable bonds is 2. The lowest BCUT2D eigenvalue weighted by Crippen LogP contribution is -2.42. The van der Waals surface area contributed by atoms with Crippen LogP contribution in [-0.2, 0) is 25.8 Å². The zero-order valence-corrected chi connectivity index (χ0v) is 18.4. The van der Waals surface area contributed by atoms with Gasteiger partial charge in [-0.2, -0.15) is 0 Å². The molecule has 1 aliphatic heterocycles. The van der Waals surface area contributed by atoms with Gasteiger partial charge in [-0.05, 0) is 60.7 Å². The lowest BCUT2D eigenvalue weighted by atomic mass is 9.87. The van der Waals surface area contributed by atoms with Crippen LogP contribution in [0.4, 0.5) is 0 Å². The fraction of sp³-hybridized carbons (Fsp3) is 0.318. The Morgan fingerprint density at radius 3 is 2.86 bits per heavy atom. The summed E-state index contributed by atoms with van der Waals surface area (Å²) >= 11 is 16.2. The summed E-state index contributed by atoms with van der Waals surface area (Å²) in [5, 5.41) is 1.55. The maximum atomic E-state index is 6.40. The van der Waals surface area contributed by atoms with Gasteiger partial charge in [-0.1, -0.05) is 45.2 Å². The third-order valence-electron chi connectivity index (χ3n) is 5.93. The third-order valence-corrected chi connectivity index (χ3v) is 6.99. The van der Waals surface area contributed by atoms with E-state index in [1.807, 2.05) is 24.3 Å². The molecule has 1 N–H and O–H groups in total. The van der Waals surface area contributed by atoms with E-state index in [4.69, 9.17) is 28.2 Å². The summed E-state index contributed by atoms with van der Waals surface area (Å²) in [6.45, 7) is 1.96. The van der Waals surface area contributed by atoms with E-state index in [-0.39, 0.29) is 0 Å². The number of aromatic nitrogens is 2. The number of imidazole rings is 1. The Morgan fingerprint density at radius 2 is 1.96 bits per heavy atom. The molecule has 3 aromatic rings. The van der Waals surface area contributed by atoms with Crippen LogP contribution in [-0.4, -0.2) is 27.5 Å². The average Bonchev–Trinajstić information content (AvgIpc) is 3.12. The van der Waals surface area contributed by atoms with Crippen LogP contribution in [0.5, 0.6) is 0 Å². The van der Waals surface area contributed by atoms with Crippen molar-refractivity contribution in [2.45, 2.75) is 38.3 Å². The van der Waals surface area contributed by atoms with Gasteiger partial charge in [0.1, 0.15) is 5.82 Å². The van der Waals surface area contributed by atoms with Crippen LogP contribution in [0.2, 0.25) is 10.0 Å². The topological polar surface area (TPSA) is 31.9 Å². The van der Waals surface area contributed by atoms with Crippen LogP contribution in [0.1, 0.15) is 28.9 Å². The molecule has 3 nitrogen and oxygen atoms in total. The number of hydrogen-bond donors (Lipinski definition) is 1. The lowest BCUT2D eigenvalue weighted by molar-refractivity contribution is 0.160. The Morgan fingerprint density at radius 1 is 1.07 bits per heavy atom. The molecule has 28 heavy (non-hydrogen) atoms. The van der Waals surface area contributed by atoms with E-state index in [9.17, 15) is 0 Å². The molecule has 0 amide bonds. The highest BCUT2D eigenvalue weighted by Crippen LogP contribution is 2.33. The largest absolute Gasteiger partial charge is 0.340 e. The number of aryl methyl sites for hydroxylation is 1. The summed E-state index contributed by atoms with van der Waals surface area (Å²) in [6.07, 6.45) is 4.37. The van der Waals surface area contributed by atoms with Crippen molar-refractivity contribution in [3.63, 3.8) is 0 Å². The highest BCUT2D eigenvalue weighted by Gasteiger charge is 2.29. The van der Waals surface area contributed by atoms with Crippen LogP contribution in [0.15, 0.2) is 40.9 Å². The predicted octanol–water partition coefficient (Wildman–Crippen LogP) is 6.06. The van der Waals surface area contributed by atoms with Gasteiger partial charge < -0.3 is 4.98 Å². The Labute approximate surface area is 183 Å². The molecule has 0 saturated carbocycles. The minimum atomic E-state index is 0.556. The van der Waals surface area contributed by atoms with Crippen LogP contribution in [0, 0.1) is 0 Å².